The van der Waals surface area contributed by atoms with E-state index in [9.17, 15) is 9.18 Å². The highest BCUT2D eigenvalue weighted by Crippen LogP contribution is 2.45. The van der Waals surface area contributed by atoms with E-state index in [1.165, 1.54) is 12.1 Å². The summed E-state index contributed by atoms with van der Waals surface area (Å²) in [6.07, 6.45) is 2.93. The molecule has 34 heavy (non-hydrogen) atoms. The number of carbonyl (C=O) groups is 1. The average Bonchev–Trinajstić information content (AvgIpc) is 3.37. The molecule has 1 amide bonds. The number of rotatable bonds is 9. The van der Waals surface area contributed by atoms with Gasteiger partial charge in [-0.15, -0.1) is 0 Å². The van der Waals surface area contributed by atoms with Crippen molar-refractivity contribution >= 4 is 16.8 Å². The first-order valence-corrected chi connectivity index (χ1v) is 12.0. The topological polar surface area (TPSA) is 45.3 Å². The Bertz CT molecular complexity index is 1300. The number of nitrogens with zero attached hydrogens (tertiary/aromatic N) is 1. The summed E-state index contributed by atoms with van der Waals surface area (Å²) in [6, 6.07) is 22.3. The molecule has 1 N–H and O–H groups in total. The standard InChI is InChI=1S/C29H29FN2O2/c1-2-3-18-34-19-8-17-32-28(22-9-4-5-10-23(22)29(32)33)26-24-11-6-7-12-25(24)31-27(26)20-13-15-21(30)16-14-20/h4-7,9-16,28,31H,2-3,8,17-19H2,1H3/t28-/m0/s1. The van der Waals surface area contributed by atoms with E-state index in [0.29, 0.717) is 13.2 Å². The molecule has 4 nitrogen and oxygen atoms in total. The highest BCUT2D eigenvalue weighted by atomic mass is 19.1. The number of carbonyl (C=O) groups excluding carboxylic acids is 1. The maximum atomic E-state index is 13.7. The second kappa shape index (κ2) is 9.82. The van der Waals surface area contributed by atoms with Crippen molar-refractivity contribution < 1.29 is 13.9 Å². The van der Waals surface area contributed by atoms with Crippen LogP contribution in [0.5, 0.6) is 0 Å². The number of unbranched alkanes of at least 4 members (excludes halogenated alkanes) is 1. The van der Waals surface area contributed by atoms with E-state index >= 15 is 0 Å². The van der Waals surface area contributed by atoms with Crippen LogP contribution in [0.2, 0.25) is 0 Å². The third kappa shape index (κ3) is 4.12. The van der Waals surface area contributed by atoms with Crippen LogP contribution >= 0.6 is 0 Å². The molecule has 0 saturated carbocycles. The van der Waals surface area contributed by atoms with Crippen molar-refractivity contribution in [2.24, 2.45) is 0 Å². The number of aromatic nitrogens is 1. The minimum Gasteiger partial charge on any atom is -0.381 e. The van der Waals surface area contributed by atoms with Crippen LogP contribution in [0, 0.1) is 5.82 Å². The number of hydrogen-bond acceptors (Lipinski definition) is 2. The zero-order valence-electron chi connectivity index (χ0n) is 19.4. The molecular formula is C29H29FN2O2. The van der Waals surface area contributed by atoms with Crippen LogP contribution in [0.15, 0.2) is 72.8 Å². The molecule has 0 saturated heterocycles. The fraction of sp³-hybridized carbons (Fsp3) is 0.276. The van der Waals surface area contributed by atoms with E-state index in [4.69, 9.17) is 4.74 Å². The van der Waals surface area contributed by atoms with Crippen LogP contribution in [-0.4, -0.2) is 35.5 Å². The first kappa shape index (κ1) is 22.4. The summed E-state index contributed by atoms with van der Waals surface area (Å²) in [5.41, 5.74) is 5.61. The molecule has 0 fully saturated rings. The maximum absolute atomic E-state index is 13.7. The highest BCUT2D eigenvalue weighted by molar-refractivity contribution is 6.02. The SMILES string of the molecule is CCCCOCCCN1C(=O)c2ccccc2[C@H]1c1c(-c2ccc(F)cc2)[nH]c2ccccc12. The van der Waals surface area contributed by atoms with Crippen LogP contribution in [0.25, 0.3) is 22.2 Å². The van der Waals surface area contributed by atoms with Gasteiger partial charge in [0.15, 0.2) is 0 Å². The predicted molar refractivity (Wildman–Crippen MR) is 133 cm³/mol. The second-order valence-electron chi connectivity index (χ2n) is 8.77. The number of para-hydroxylation sites is 1. The van der Waals surface area contributed by atoms with E-state index in [0.717, 1.165) is 64.7 Å². The van der Waals surface area contributed by atoms with E-state index in [1.54, 1.807) is 12.1 Å². The molecule has 4 aromatic rings. The molecule has 0 bridgehead atoms. The second-order valence-corrected chi connectivity index (χ2v) is 8.77. The van der Waals surface area contributed by atoms with Gasteiger partial charge >= 0.3 is 0 Å². The summed E-state index contributed by atoms with van der Waals surface area (Å²) < 4.78 is 19.5. The number of halogens is 1. The predicted octanol–water partition coefficient (Wildman–Crippen LogP) is 6.73. The minimum atomic E-state index is -0.271. The first-order chi connectivity index (χ1) is 16.7. The molecule has 0 aliphatic carbocycles. The van der Waals surface area contributed by atoms with Crippen molar-refractivity contribution in [2.45, 2.75) is 32.2 Å². The largest absolute Gasteiger partial charge is 0.381 e. The number of amides is 1. The molecule has 1 aliphatic rings. The van der Waals surface area contributed by atoms with Gasteiger partial charge in [0.25, 0.3) is 5.91 Å². The van der Waals surface area contributed by atoms with Crippen LogP contribution in [0.1, 0.15) is 53.7 Å². The van der Waals surface area contributed by atoms with Gasteiger partial charge in [0.2, 0.25) is 0 Å². The fourth-order valence-corrected chi connectivity index (χ4v) is 4.89. The van der Waals surface area contributed by atoms with Gasteiger partial charge in [0, 0.05) is 41.8 Å². The molecular weight excluding hydrogens is 427 g/mol. The van der Waals surface area contributed by atoms with Crippen molar-refractivity contribution in [2.75, 3.05) is 19.8 Å². The Morgan fingerprint density at radius 3 is 2.50 bits per heavy atom. The molecule has 2 heterocycles. The number of H-pyrrole nitrogens is 1. The van der Waals surface area contributed by atoms with Crippen LogP contribution in [0.4, 0.5) is 4.39 Å². The summed E-state index contributed by atoms with van der Waals surface area (Å²) in [5, 5.41) is 1.07. The molecule has 1 aliphatic heterocycles. The maximum Gasteiger partial charge on any atom is 0.255 e. The highest BCUT2D eigenvalue weighted by Gasteiger charge is 2.39. The first-order valence-electron chi connectivity index (χ1n) is 12.0. The molecule has 174 valence electrons. The lowest BCUT2D eigenvalue weighted by Crippen LogP contribution is -2.30. The Labute approximate surface area is 199 Å². The number of benzene rings is 3. The summed E-state index contributed by atoms with van der Waals surface area (Å²) in [4.78, 5) is 19.0. The quantitative estimate of drug-likeness (QED) is 0.284. The molecule has 1 atom stereocenters. The number of fused-ring (bicyclic) bond motifs is 2. The van der Waals surface area contributed by atoms with Crippen molar-refractivity contribution in [3.05, 3.63) is 95.3 Å². The number of ether oxygens (including phenoxy) is 1. The Morgan fingerprint density at radius 2 is 1.68 bits per heavy atom. The molecule has 0 spiro atoms. The van der Waals surface area contributed by atoms with Gasteiger partial charge in [0.1, 0.15) is 5.82 Å². The Balaban J connectivity index is 1.58. The summed E-state index contributed by atoms with van der Waals surface area (Å²) >= 11 is 0. The van der Waals surface area contributed by atoms with E-state index in [1.807, 2.05) is 47.4 Å². The molecule has 3 aromatic carbocycles. The monoisotopic (exact) mass is 456 g/mol. The zero-order valence-corrected chi connectivity index (χ0v) is 19.4. The minimum absolute atomic E-state index is 0.0458. The van der Waals surface area contributed by atoms with Gasteiger partial charge in [-0.25, -0.2) is 4.39 Å². The van der Waals surface area contributed by atoms with Crippen molar-refractivity contribution in [3.63, 3.8) is 0 Å². The molecule has 0 unspecified atom stereocenters. The van der Waals surface area contributed by atoms with Gasteiger partial charge < -0.3 is 14.6 Å². The van der Waals surface area contributed by atoms with Gasteiger partial charge in [-0.3, -0.25) is 4.79 Å². The lowest BCUT2D eigenvalue weighted by molar-refractivity contribution is 0.0709. The normalized spacial score (nSPS) is 15.3. The summed E-state index contributed by atoms with van der Waals surface area (Å²) in [6.45, 7) is 4.14. The Hall–Kier alpha value is -3.44. The summed E-state index contributed by atoms with van der Waals surface area (Å²) in [7, 11) is 0. The number of aromatic amines is 1. The van der Waals surface area contributed by atoms with Gasteiger partial charge in [0.05, 0.1) is 11.7 Å². The lowest BCUT2D eigenvalue weighted by atomic mass is 9.93. The molecule has 1 aromatic heterocycles. The van der Waals surface area contributed by atoms with Crippen LogP contribution in [-0.2, 0) is 4.74 Å². The van der Waals surface area contributed by atoms with Crippen LogP contribution in [0.3, 0.4) is 0 Å². The number of nitrogens with one attached hydrogen (secondary N) is 1. The number of hydrogen-bond donors (Lipinski definition) is 1. The molecule has 0 radical (unpaired) electrons. The van der Waals surface area contributed by atoms with Gasteiger partial charge in [-0.2, -0.15) is 0 Å². The zero-order chi connectivity index (χ0) is 23.5. The van der Waals surface area contributed by atoms with Crippen molar-refractivity contribution in [1.29, 1.82) is 0 Å². The smallest absolute Gasteiger partial charge is 0.255 e. The molecule has 5 heteroatoms. The van der Waals surface area contributed by atoms with Crippen molar-refractivity contribution in [3.8, 4) is 11.3 Å². The van der Waals surface area contributed by atoms with Crippen LogP contribution < -0.4 is 0 Å². The van der Waals surface area contributed by atoms with Gasteiger partial charge in [-0.1, -0.05) is 49.7 Å². The average molecular weight is 457 g/mol. The molecule has 5 rings (SSSR count). The Kier molecular flexibility index (Phi) is 6.45. The third-order valence-corrected chi connectivity index (χ3v) is 6.54. The van der Waals surface area contributed by atoms with E-state index in [-0.39, 0.29) is 17.8 Å². The lowest BCUT2D eigenvalue weighted by Gasteiger charge is -2.27. The van der Waals surface area contributed by atoms with Gasteiger partial charge in [-0.05, 0) is 60.4 Å². The van der Waals surface area contributed by atoms with E-state index in [2.05, 4.69) is 18.0 Å². The third-order valence-electron chi connectivity index (χ3n) is 6.54. The summed E-state index contributed by atoms with van der Waals surface area (Å²) in [5.74, 6) is -0.225. The van der Waals surface area contributed by atoms with Crippen molar-refractivity contribution in [1.82, 2.24) is 9.88 Å². The fourth-order valence-electron chi connectivity index (χ4n) is 4.89. The Morgan fingerprint density at radius 1 is 0.941 bits per heavy atom. The van der Waals surface area contributed by atoms with E-state index < -0.39 is 0 Å².